The van der Waals surface area contributed by atoms with E-state index in [1.54, 1.807) is 18.0 Å². The van der Waals surface area contributed by atoms with Crippen molar-refractivity contribution >= 4 is 27.7 Å². The Morgan fingerprint density at radius 3 is 2.19 bits per heavy atom. The van der Waals surface area contributed by atoms with Crippen molar-refractivity contribution in [2.75, 3.05) is 29.8 Å². The predicted octanol–water partition coefficient (Wildman–Crippen LogP) is 8.30. The first kappa shape index (κ1) is 39.5. The molecule has 4 bridgehead atoms. The molecular formula is C39H47F3N6O4S. The molecule has 1 aliphatic heterocycles. The lowest BCUT2D eigenvalue weighted by molar-refractivity contribution is -0.138. The molecule has 1 N–H and O–H groups in total. The third kappa shape index (κ3) is 9.64. The number of amides is 1. The summed E-state index contributed by atoms with van der Waals surface area (Å²) in [6.07, 6.45) is -4.46. The van der Waals surface area contributed by atoms with Crippen LogP contribution in [0.2, 0.25) is 0 Å². The molecule has 14 heteroatoms. The van der Waals surface area contributed by atoms with Crippen molar-refractivity contribution in [3.8, 4) is 17.1 Å². The Balaban J connectivity index is 1.71. The van der Waals surface area contributed by atoms with Crippen LogP contribution in [0.25, 0.3) is 11.3 Å². The second-order valence-electron chi connectivity index (χ2n) is 16.1. The molecule has 0 radical (unpaired) electrons. The number of nitrogens with one attached hydrogen (secondary N) is 1. The third-order valence-corrected chi connectivity index (χ3v) is 10.0. The third-order valence-electron chi connectivity index (χ3n) is 8.72. The summed E-state index contributed by atoms with van der Waals surface area (Å²) in [5.41, 5.74) is 0.972. The van der Waals surface area contributed by atoms with Crippen LogP contribution in [-0.4, -0.2) is 60.4 Å². The number of rotatable bonds is 6. The fourth-order valence-electron chi connectivity index (χ4n) is 6.58. The molecule has 5 rings (SSSR count). The molecule has 0 saturated heterocycles. The average Bonchev–Trinajstić information content (AvgIpc) is 3.03. The van der Waals surface area contributed by atoms with Crippen molar-refractivity contribution in [2.24, 2.45) is 10.8 Å². The average molecular weight is 753 g/mol. The minimum absolute atomic E-state index is 0.0209. The van der Waals surface area contributed by atoms with Crippen LogP contribution in [0.4, 0.5) is 24.9 Å². The van der Waals surface area contributed by atoms with E-state index in [4.69, 9.17) is 4.74 Å². The molecule has 284 valence electrons. The molecule has 1 aliphatic rings. The zero-order valence-corrected chi connectivity index (χ0v) is 32.4. The maximum absolute atomic E-state index is 14.6. The van der Waals surface area contributed by atoms with Crippen LogP contribution in [0, 0.1) is 24.7 Å². The van der Waals surface area contributed by atoms with Gasteiger partial charge in [0.25, 0.3) is 15.9 Å². The number of hydrogen-bond donors (Lipinski definition) is 1. The molecule has 0 fully saturated rings. The standard InChI is InChI=1S/C39H47F3N6O4S/c1-24-12-10-13-25(2)34(24)30-19-33-45-36(44-30)46-53(50,51)28-15-11-14-26(18-28)35(49)48(27(22-52-33)20-37(3,4)5)21-31-29(39(40,41)42)16-17-32(43-31)47(9)23-38(6,7)8/h10-19,27H,20-23H2,1-9H3,(H,44,45,46)/t27-/m1/s1. The minimum Gasteiger partial charge on any atom is -0.475 e. The molecule has 4 aromatic rings. The molecule has 1 amide bonds. The Kier molecular flexibility index (Phi) is 10.9. The van der Waals surface area contributed by atoms with Gasteiger partial charge in [-0.3, -0.25) is 4.79 Å². The van der Waals surface area contributed by atoms with Crippen LogP contribution >= 0.6 is 0 Å². The summed E-state index contributed by atoms with van der Waals surface area (Å²) >= 11 is 0. The van der Waals surface area contributed by atoms with E-state index in [2.05, 4.69) is 19.7 Å². The number of halogens is 3. The number of nitrogens with zero attached hydrogens (tertiary/aromatic N) is 5. The summed E-state index contributed by atoms with van der Waals surface area (Å²) in [5.74, 6) is -0.587. The molecule has 2 aromatic carbocycles. The summed E-state index contributed by atoms with van der Waals surface area (Å²) in [4.78, 5) is 30.9. The van der Waals surface area contributed by atoms with Crippen LogP contribution in [0.3, 0.4) is 0 Å². The van der Waals surface area contributed by atoms with Gasteiger partial charge in [-0.05, 0) is 72.6 Å². The van der Waals surface area contributed by atoms with E-state index in [-0.39, 0.29) is 40.0 Å². The summed E-state index contributed by atoms with van der Waals surface area (Å²) in [5, 5.41) is 0. The first-order chi connectivity index (χ1) is 24.5. The summed E-state index contributed by atoms with van der Waals surface area (Å²) < 4.78 is 80.1. The molecule has 10 nitrogen and oxygen atoms in total. The molecule has 0 spiro atoms. The van der Waals surface area contributed by atoms with Gasteiger partial charge in [-0.25, -0.2) is 23.1 Å². The normalized spacial score (nSPS) is 16.5. The number of alkyl halides is 3. The lowest BCUT2D eigenvalue weighted by atomic mass is 9.87. The van der Waals surface area contributed by atoms with Gasteiger partial charge in [-0.15, -0.1) is 0 Å². The van der Waals surface area contributed by atoms with Crippen LogP contribution in [0.1, 0.15) is 80.7 Å². The number of carbonyl (C=O) groups excluding carboxylic acids is 1. The fourth-order valence-corrected chi connectivity index (χ4v) is 7.57. The smallest absolute Gasteiger partial charge is 0.418 e. The lowest BCUT2D eigenvalue weighted by Gasteiger charge is -2.36. The van der Waals surface area contributed by atoms with Gasteiger partial charge in [-0.2, -0.15) is 18.2 Å². The Bertz CT molecular complexity index is 2090. The van der Waals surface area contributed by atoms with Crippen molar-refractivity contribution in [2.45, 2.75) is 85.5 Å². The highest BCUT2D eigenvalue weighted by Crippen LogP contribution is 2.36. The van der Waals surface area contributed by atoms with Gasteiger partial charge < -0.3 is 14.5 Å². The molecule has 53 heavy (non-hydrogen) atoms. The second-order valence-corrected chi connectivity index (χ2v) is 17.7. The van der Waals surface area contributed by atoms with Crippen molar-refractivity contribution in [1.29, 1.82) is 0 Å². The van der Waals surface area contributed by atoms with E-state index in [0.29, 0.717) is 24.5 Å². The number of hydrogen-bond acceptors (Lipinski definition) is 8. The van der Waals surface area contributed by atoms with E-state index in [0.717, 1.165) is 22.8 Å². The lowest BCUT2D eigenvalue weighted by Crippen LogP contribution is -2.45. The maximum Gasteiger partial charge on any atom is 0.418 e. The largest absolute Gasteiger partial charge is 0.475 e. The fraction of sp³-hybridized carbons (Fsp3) is 0.436. The van der Waals surface area contributed by atoms with Crippen molar-refractivity contribution < 1.29 is 31.1 Å². The molecule has 0 saturated carbocycles. The van der Waals surface area contributed by atoms with Gasteiger partial charge in [-0.1, -0.05) is 65.8 Å². The van der Waals surface area contributed by atoms with E-state index in [1.807, 2.05) is 73.6 Å². The Hall–Kier alpha value is -4.72. The SMILES string of the molecule is Cc1cccc(C)c1-c1cc2nc(n1)NS(=O)(=O)c1cccc(c1)C(=O)N(Cc1nc(N(C)CC(C)(C)C)ccc1C(F)(F)F)[C@H](CC(C)(C)C)CO2. The first-order valence-corrected chi connectivity index (χ1v) is 18.8. The molecule has 1 atom stereocenters. The van der Waals surface area contributed by atoms with Crippen LogP contribution in [-0.2, 0) is 22.7 Å². The number of carbonyl (C=O) groups is 1. The highest BCUT2D eigenvalue weighted by Gasteiger charge is 2.38. The zero-order chi connectivity index (χ0) is 39.1. The summed E-state index contributed by atoms with van der Waals surface area (Å²) in [6, 6.07) is 14.2. The number of benzene rings is 2. The van der Waals surface area contributed by atoms with E-state index >= 15 is 0 Å². The van der Waals surface area contributed by atoms with Gasteiger partial charge in [0.1, 0.15) is 12.4 Å². The van der Waals surface area contributed by atoms with E-state index < -0.39 is 45.7 Å². The van der Waals surface area contributed by atoms with Crippen LogP contribution in [0.15, 0.2) is 65.6 Å². The quantitative estimate of drug-likeness (QED) is 0.209. The van der Waals surface area contributed by atoms with Gasteiger partial charge in [0.2, 0.25) is 11.8 Å². The second kappa shape index (κ2) is 14.6. The first-order valence-electron chi connectivity index (χ1n) is 17.3. The topological polar surface area (TPSA) is 118 Å². The Morgan fingerprint density at radius 1 is 0.906 bits per heavy atom. The molecule has 0 unspecified atom stereocenters. The van der Waals surface area contributed by atoms with Crippen molar-refractivity contribution in [1.82, 2.24) is 19.9 Å². The zero-order valence-electron chi connectivity index (χ0n) is 31.6. The van der Waals surface area contributed by atoms with Gasteiger partial charge >= 0.3 is 6.18 Å². The number of ether oxygens (including phenoxy) is 1. The van der Waals surface area contributed by atoms with Crippen molar-refractivity contribution in [3.05, 3.63) is 88.6 Å². The Morgan fingerprint density at radius 2 is 1.57 bits per heavy atom. The number of aromatic nitrogens is 3. The number of sulfonamides is 1. The highest BCUT2D eigenvalue weighted by atomic mass is 32.2. The summed E-state index contributed by atoms with van der Waals surface area (Å²) in [7, 11) is -2.59. The van der Waals surface area contributed by atoms with E-state index in [9.17, 15) is 26.4 Å². The molecule has 2 aromatic heterocycles. The van der Waals surface area contributed by atoms with Gasteiger partial charge in [0, 0.05) is 30.8 Å². The van der Waals surface area contributed by atoms with Crippen molar-refractivity contribution in [3.63, 3.8) is 0 Å². The summed E-state index contributed by atoms with van der Waals surface area (Å²) in [6.45, 7) is 15.5. The molecule has 3 heterocycles. The van der Waals surface area contributed by atoms with Gasteiger partial charge in [0.05, 0.1) is 34.4 Å². The van der Waals surface area contributed by atoms with Gasteiger partial charge in [0.15, 0.2) is 0 Å². The number of fused-ring (bicyclic) bond motifs is 4. The monoisotopic (exact) mass is 752 g/mol. The van der Waals surface area contributed by atoms with E-state index in [1.165, 1.54) is 35.2 Å². The predicted molar refractivity (Wildman–Crippen MR) is 199 cm³/mol. The highest BCUT2D eigenvalue weighted by molar-refractivity contribution is 7.92. The van der Waals surface area contributed by atoms with Crippen LogP contribution in [0.5, 0.6) is 5.88 Å². The minimum atomic E-state index is -4.77. The number of aryl methyl sites for hydroxylation is 2. The molecular weight excluding hydrogens is 706 g/mol. The number of anilines is 2. The van der Waals surface area contributed by atoms with Crippen LogP contribution < -0.4 is 14.4 Å². The number of pyridine rings is 1. The Labute approximate surface area is 309 Å². The maximum atomic E-state index is 14.6. The molecule has 0 aliphatic carbocycles.